The third-order valence-electron chi connectivity index (χ3n) is 4.48. The molecule has 1 saturated carbocycles. The van der Waals surface area contributed by atoms with Gasteiger partial charge in [-0.2, -0.15) is 0 Å². The molecule has 0 aromatic heterocycles. The van der Waals surface area contributed by atoms with Crippen LogP contribution in [0.2, 0.25) is 0 Å². The van der Waals surface area contributed by atoms with E-state index in [0.717, 1.165) is 6.61 Å². The van der Waals surface area contributed by atoms with Crippen molar-refractivity contribution in [3.05, 3.63) is 0 Å². The highest BCUT2D eigenvalue weighted by molar-refractivity contribution is 4.65. The molecule has 1 aliphatic rings. The molecule has 0 unspecified atom stereocenters. The number of unbranched alkanes of at least 4 members (excludes halogenated alkanes) is 5. The molecule has 0 aromatic rings. The molecule has 120 valence electrons. The molecule has 0 saturated heterocycles. The maximum atomic E-state index is 5.97. The first kappa shape index (κ1) is 18.0. The van der Waals surface area contributed by atoms with Gasteiger partial charge in [-0.25, -0.2) is 0 Å². The Hall–Kier alpha value is -0.0800. The monoisotopic (exact) mass is 283 g/mol. The fourth-order valence-corrected chi connectivity index (χ4v) is 3.06. The lowest BCUT2D eigenvalue weighted by atomic mass is 9.98. The summed E-state index contributed by atoms with van der Waals surface area (Å²) >= 11 is 0. The number of nitrogens with zero attached hydrogens (tertiary/aromatic N) is 1. The van der Waals surface area contributed by atoms with Gasteiger partial charge in [-0.05, 0) is 52.2 Å². The van der Waals surface area contributed by atoms with E-state index in [9.17, 15) is 0 Å². The van der Waals surface area contributed by atoms with Crippen molar-refractivity contribution >= 4 is 0 Å². The minimum Gasteiger partial charge on any atom is -0.378 e. The summed E-state index contributed by atoms with van der Waals surface area (Å²) in [6.45, 7) is 5.82. The van der Waals surface area contributed by atoms with Crippen LogP contribution in [0.1, 0.15) is 84.0 Å². The van der Waals surface area contributed by atoms with E-state index in [1.807, 2.05) is 0 Å². The smallest absolute Gasteiger partial charge is 0.0575 e. The van der Waals surface area contributed by atoms with Gasteiger partial charge in [0.25, 0.3) is 0 Å². The Morgan fingerprint density at radius 1 is 0.850 bits per heavy atom. The molecule has 1 rings (SSSR count). The Balaban J connectivity index is 1.79. The highest BCUT2D eigenvalue weighted by Crippen LogP contribution is 2.20. The van der Waals surface area contributed by atoms with Crippen molar-refractivity contribution in [3.63, 3.8) is 0 Å². The summed E-state index contributed by atoms with van der Waals surface area (Å²) in [4.78, 5) is 2.49. The van der Waals surface area contributed by atoms with Crippen molar-refractivity contribution in [1.29, 1.82) is 0 Å². The minimum absolute atomic E-state index is 0.591. The van der Waals surface area contributed by atoms with Crippen LogP contribution >= 0.6 is 0 Å². The van der Waals surface area contributed by atoms with Crippen LogP contribution in [0.4, 0.5) is 0 Å². The van der Waals surface area contributed by atoms with Gasteiger partial charge >= 0.3 is 0 Å². The van der Waals surface area contributed by atoms with Gasteiger partial charge in [0, 0.05) is 6.61 Å². The fraction of sp³-hybridized carbons (Fsp3) is 1.00. The molecule has 2 heteroatoms. The van der Waals surface area contributed by atoms with Crippen LogP contribution in [0.15, 0.2) is 0 Å². The van der Waals surface area contributed by atoms with Crippen LogP contribution in [-0.2, 0) is 4.74 Å². The lowest BCUT2D eigenvalue weighted by molar-refractivity contribution is 0.0262. The average molecular weight is 284 g/mol. The van der Waals surface area contributed by atoms with Crippen molar-refractivity contribution < 1.29 is 4.74 Å². The summed E-state index contributed by atoms with van der Waals surface area (Å²) in [5.41, 5.74) is 0. The first-order valence-corrected chi connectivity index (χ1v) is 9.13. The second kappa shape index (κ2) is 12.6. The molecule has 0 aliphatic heterocycles. The highest BCUT2D eigenvalue weighted by atomic mass is 16.5. The second-order valence-corrected chi connectivity index (χ2v) is 6.56. The number of ether oxygens (including phenoxy) is 1. The lowest BCUT2D eigenvalue weighted by Gasteiger charge is -2.22. The van der Waals surface area contributed by atoms with Gasteiger partial charge < -0.3 is 9.64 Å². The summed E-state index contributed by atoms with van der Waals surface area (Å²) in [5, 5.41) is 0. The normalized spacial score (nSPS) is 16.9. The van der Waals surface area contributed by atoms with Crippen LogP contribution < -0.4 is 0 Å². The van der Waals surface area contributed by atoms with Crippen LogP contribution in [0.25, 0.3) is 0 Å². The largest absolute Gasteiger partial charge is 0.378 e. The molecule has 0 atom stereocenters. The zero-order valence-electron chi connectivity index (χ0n) is 14.0. The predicted molar refractivity (Wildman–Crippen MR) is 88.3 cm³/mol. The molecule has 0 N–H and O–H groups in total. The van der Waals surface area contributed by atoms with E-state index in [1.165, 1.54) is 90.1 Å². The standard InChI is InChI=1S/C18H37NO/c1-3-4-10-15-19(2)16-11-5-6-12-17-20-18-13-8-7-9-14-18/h18H,3-17H2,1-2H3. The van der Waals surface area contributed by atoms with Gasteiger partial charge in [-0.1, -0.05) is 51.9 Å². The first-order valence-electron chi connectivity index (χ1n) is 9.13. The third kappa shape index (κ3) is 9.77. The highest BCUT2D eigenvalue weighted by Gasteiger charge is 2.12. The van der Waals surface area contributed by atoms with E-state index in [2.05, 4.69) is 18.9 Å². The topological polar surface area (TPSA) is 12.5 Å². The van der Waals surface area contributed by atoms with Crippen LogP contribution in [0.3, 0.4) is 0 Å². The van der Waals surface area contributed by atoms with E-state index in [1.54, 1.807) is 0 Å². The molecule has 0 amide bonds. The van der Waals surface area contributed by atoms with E-state index < -0.39 is 0 Å². The molecule has 2 nitrogen and oxygen atoms in total. The molecule has 0 spiro atoms. The van der Waals surface area contributed by atoms with Gasteiger partial charge in [-0.3, -0.25) is 0 Å². The Bertz CT molecular complexity index is 202. The summed E-state index contributed by atoms with van der Waals surface area (Å²) in [6.07, 6.45) is 16.8. The Morgan fingerprint density at radius 2 is 1.50 bits per heavy atom. The third-order valence-corrected chi connectivity index (χ3v) is 4.48. The molecular formula is C18H37NO. The molecule has 0 aromatic carbocycles. The van der Waals surface area contributed by atoms with E-state index in [4.69, 9.17) is 4.74 Å². The predicted octanol–water partition coefficient (Wildman–Crippen LogP) is 5.02. The fourth-order valence-electron chi connectivity index (χ4n) is 3.06. The summed E-state index contributed by atoms with van der Waals surface area (Å²) in [7, 11) is 2.27. The molecular weight excluding hydrogens is 246 g/mol. The van der Waals surface area contributed by atoms with Gasteiger partial charge in [0.15, 0.2) is 0 Å². The van der Waals surface area contributed by atoms with Crippen molar-refractivity contribution in [2.75, 3.05) is 26.7 Å². The minimum atomic E-state index is 0.591. The van der Waals surface area contributed by atoms with Crippen molar-refractivity contribution in [2.24, 2.45) is 0 Å². The molecule has 1 aliphatic carbocycles. The number of rotatable bonds is 12. The van der Waals surface area contributed by atoms with E-state index >= 15 is 0 Å². The molecule has 20 heavy (non-hydrogen) atoms. The zero-order chi connectivity index (χ0) is 14.5. The van der Waals surface area contributed by atoms with Gasteiger partial charge in [-0.15, -0.1) is 0 Å². The zero-order valence-corrected chi connectivity index (χ0v) is 14.0. The van der Waals surface area contributed by atoms with Gasteiger partial charge in [0.1, 0.15) is 0 Å². The Kier molecular flexibility index (Phi) is 11.4. The summed E-state index contributed by atoms with van der Waals surface area (Å²) < 4.78 is 5.97. The van der Waals surface area contributed by atoms with Crippen LogP contribution in [0, 0.1) is 0 Å². The second-order valence-electron chi connectivity index (χ2n) is 6.56. The maximum absolute atomic E-state index is 5.97. The van der Waals surface area contributed by atoms with E-state index in [0.29, 0.717) is 6.10 Å². The maximum Gasteiger partial charge on any atom is 0.0575 e. The van der Waals surface area contributed by atoms with Gasteiger partial charge in [0.05, 0.1) is 6.10 Å². The van der Waals surface area contributed by atoms with Crippen LogP contribution in [-0.4, -0.2) is 37.7 Å². The molecule has 0 bridgehead atoms. The Labute approximate surface area is 127 Å². The molecule has 0 radical (unpaired) electrons. The quantitative estimate of drug-likeness (QED) is 0.466. The summed E-state index contributed by atoms with van der Waals surface area (Å²) in [5.74, 6) is 0. The molecule has 0 heterocycles. The number of hydrogen-bond acceptors (Lipinski definition) is 2. The van der Waals surface area contributed by atoms with Crippen LogP contribution in [0.5, 0.6) is 0 Å². The van der Waals surface area contributed by atoms with Crippen molar-refractivity contribution in [1.82, 2.24) is 4.90 Å². The Morgan fingerprint density at radius 3 is 2.20 bits per heavy atom. The van der Waals surface area contributed by atoms with Crippen molar-refractivity contribution in [2.45, 2.75) is 90.1 Å². The van der Waals surface area contributed by atoms with Gasteiger partial charge in [0.2, 0.25) is 0 Å². The summed E-state index contributed by atoms with van der Waals surface area (Å²) in [6, 6.07) is 0. The lowest BCUT2D eigenvalue weighted by Crippen LogP contribution is -2.20. The molecule has 1 fully saturated rings. The van der Waals surface area contributed by atoms with Crippen molar-refractivity contribution in [3.8, 4) is 0 Å². The average Bonchev–Trinajstić information content (AvgIpc) is 2.47. The van der Waals surface area contributed by atoms with E-state index in [-0.39, 0.29) is 0 Å². The first-order chi connectivity index (χ1) is 9.83. The number of hydrogen-bond donors (Lipinski definition) is 0. The SMILES string of the molecule is CCCCCN(C)CCCCCCOC1CCCCC1.